The lowest BCUT2D eigenvalue weighted by molar-refractivity contribution is -0.144. The molecule has 17 heavy (non-hydrogen) atoms. The normalized spacial score (nSPS) is 17.2. The molecule has 2 rings (SSSR count). The van der Waals surface area contributed by atoms with E-state index in [0.717, 1.165) is 30.1 Å². The van der Waals surface area contributed by atoms with E-state index in [2.05, 4.69) is 9.59 Å². The van der Waals surface area contributed by atoms with Crippen molar-refractivity contribution in [2.45, 2.75) is 39.0 Å². The topological polar surface area (TPSA) is 55.3 Å². The quantitative estimate of drug-likeness (QED) is 0.770. The molecule has 0 N–H and O–H groups in total. The fourth-order valence-corrected chi connectivity index (χ4v) is 2.51. The van der Waals surface area contributed by atoms with Gasteiger partial charge in [0.2, 0.25) is 0 Å². The largest absolute Gasteiger partial charge is 0.291 e. The molecule has 0 spiro atoms. The second kappa shape index (κ2) is 4.70. The van der Waals surface area contributed by atoms with Gasteiger partial charge in [-0.05, 0) is 24.4 Å². The van der Waals surface area contributed by atoms with Crippen molar-refractivity contribution in [3.05, 3.63) is 10.6 Å². The van der Waals surface area contributed by atoms with E-state index < -0.39 is 0 Å². The van der Waals surface area contributed by atoms with Gasteiger partial charge in [0.15, 0.2) is 0 Å². The third-order valence-corrected chi connectivity index (χ3v) is 3.34. The maximum Gasteiger partial charge on any atom is 0.291 e. The van der Waals surface area contributed by atoms with Crippen LogP contribution in [-0.2, 0) is 10.3 Å². The predicted octanol–water partition coefficient (Wildman–Crippen LogP) is 2.00. The maximum atomic E-state index is 12.3. The van der Waals surface area contributed by atoms with Gasteiger partial charge in [0.05, 0.1) is 12.3 Å². The summed E-state index contributed by atoms with van der Waals surface area (Å²) < 4.78 is 3.89. The second-order valence-corrected chi connectivity index (χ2v) is 5.90. The summed E-state index contributed by atoms with van der Waals surface area (Å²) >= 11 is 1.15. The van der Waals surface area contributed by atoms with Crippen molar-refractivity contribution >= 4 is 17.4 Å². The molecular weight excluding hydrogens is 238 g/mol. The summed E-state index contributed by atoms with van der Waals surface area (Å²) in [4.78, 5) is 18.2. The third-order valence-electron chi connectivity index (χ3n) is 2.62. The highest BCUT2D eigenvalue weighted by molar-refractivity contribution is 7.08. The van der Waals surface area contributed by atoms with Crippen molar-refractivity contribution in [1.82, 2.24) is 14.7 Å². The first kappa shape index (κ1) is 12.4. The molecule has 1 saturated heterocycles. The van der Waals surface area contributed by atoms with Crippen LogP contribution in [-0.4, -0.2) is 33.7 Å². The number of nitrogens with zero attached hydrogens (tertiary/aromatic N) is 3. The summed E-state index contributed by atoms with van der Waals surface area (Å²) in [7, 11) is 0. The van der Waals surface area contributed by atoms with Crippen molar-refractivity contribution in [2.24, 2.45) is 0 Å². The van der Waals surface area contributed by atoms with E-state index in [1.165, 1.54) is 5.06 Å². The van der Waals surface area contributed by atoms with E-state index in [1.807, 2.05) is 20.8 Å². The molecule has 0 unspecified atom stereocenters. The lowest BCUT2D eigenvalue weighted by Crippen LogP contribution is -2.36. The van der Waals surface area contributed by atoms with E-state index in [-0.39, 0.29) is 11.3 Å². The number of hydroxylamine groups is 2. The van der Waals surface area contributed by atoms with Crippen molar-refractivity contribution < 1.29 is 9.63 Å². The fraction of sp³-hybridized carbons (Fsp3) is 0.727. The molecule has 0 atom stereocenters. The van der Waals surface area contributed by atoms with Gasteiger partial charge in [-0.15, -0.1) is 5.10 Å². The minimum absolute atomic E-state index is 0.107. The molecule has 0 saturated carbocycles. The molecule has 0 radical (unpaired) electrons. The van der Waals surface area contributed by atoms with Crippen molar-refractivity contribution in [3.8, 4) is 0 Å². The van der Waals surface area contributed by atoms with Crippen molar-refractivity contribution in [3.63, 3.8) is 0 Å². The van der Waals surface area contributed by atoms with Gasteiger partial charge in [0, 0.05) is 12.0 Å². The van der Waals surface area contributed by atoms with Gasteiger partial charge in [-0.2, -0.15) is 0 Å². The molecule has 1 aliphatic rings. The lowest BCUT2D eigenvalue weighted by Gasteiger charge is -2.26. The number of aromatic nitrogens is 2. The second-order valence-electron chi connectivity index (χ2n) is 5.15. The summed E-state index contributed by atoms with van der Waals surface area (Å²) in [6.45, 7) is 7.34. The van der Waals surface area contributed by atoms with Crippen LogP contribution < -0.4 is 0 Å². The van der Waals surface area contributed by atoms with Gasteiger partial charge < -0.3 is 0 Å². The van der Waals surface area contributed by atoms with Crippen molar-refractivity contribution in [2.75, 3.05) is 13.2 Å². The van der Waals surface area contributed by atoms with E-state index in [0.29, 0.717) is 18.0 Å². The molecule has 1 aromatic heterocycles. The number of rotatable bonds is 1. The lowest BCUT2D eigenvalue weighted by atomic mass is 9.91. The Kier molecular flexibility index (Phi) is 3.44. The Labute approximate surface area is 105 Å². The van der Waals surface area contributed by atoms with E-state index in [1.54, 1.807) is 0 Å². The summed E-state index contributed by atoms with van der Waals surface area (Å²) in [6, 6.07) is 0. The number of carbonyl (C=O) groups excluding carboxylic acids is 1. The summed E-state index contributed by atoms with van der Waals surface area (Å²) in [5, 5.41) is 5.51. The third kappa shape index (κ3) is 2.63. The summed E-state index contributed by atoms with van der Waals surface area (Å²) in [5.74, 6) is -0.107. The Morgan fingerprint density at radius 3 is 2.76 bits per heavy atom. The molecule has 1 amide bonds. The first-order valence-electron chi connectivity index (χ1n) is 5.78. The number of carbonyl (C=O) groups is 1. The van der Waals surface area contributed by atoms with Gasteiger partial charge in [0.1, 0.15) is 4.88 Å². The van der Waals surface area contributed by atoms with Gasteiger partial charge in [0.25, 0.3) is 5.91 Å². The predicted molar refractivity (Wildman–Crippen MR) is 64.8 cm³/mol. The Morgan fingerprint density at radius 2 is 2.18 bits per heavy atom. The van der Waals surface area contributed by atoms with Crippen molar-refractivity contribution in [1.29, 1.82) is 0 Å². The molecule has 0 aliphatic carbocycles. The van der Waals surface area contributed by atoms with Crippen LogP contribution in [0.1, 0.15) is 49.0 Å². The molecule has 5 nitrogen and oxygen atoms in total. The standard InChI is InChI=1S/C11H17N3O2S/c1-11(2,3)9-8(17-13-12-9)10(15)14-6-4-5-7-16-14/h4-7H2,1-3H3. The number of amides is 1. The highest BCUT2D eigenvalue weighted by Crippen LogP contribution is 2.27. The zero-order valence-corrected chi connectivity index (χ0v) is 11.2. The van der Waals surface area contributed by atoms with Crippen LogP contribution in [0.3, 0.4) is 0 Å². The van der Waals surface area contributed by atoms with Crippen LogP contribution in [0.2, 0.25) is 0 Å². The smallest absolute Gasteiger partial charge is 0.271 e. The van der Waals surface area contributed by atoms with Gasteiger partial charge in [-0.1, -0.05) is 25.3 Å². The molecule has 94 valence electrons. The minimum atomic E-state index is -0.173. The molecule has 1 fully saturated rings. The Hall–Kier alpha value is -1.01. The van der Waals surface area contributed by atoms with Gasteiger partial charge in [-0.3, -0.25) is 9.63 Å². The zero-order valence-electron chi connectivity index (χ0n) is 10.4. The minimum Gasteiger partial charge on any atom is -0.271 e. The molecule has 0 bridgehead atoms. The number of hydrogen-bond acceptors (Lipinski definition) is 5. The first-order valence-corrected chi connectivity index (χ1v) is 6.55. The summed E-state index contributed by atoms with van der Waals surface area (Å²) in [5.41, 5.74) is 0.579. The number of hydrogen-bond donors (Lipinski definition) is 0. The summed E-state index contributed by atoms with van der Waals surface area (Å²) in [6.07, 6.45) is 2.00. The molecule has 1 aromatic rings. The highest BCUT2D eigenvalue weighted by Gasteiger charge is 2.30. The highest BCUT2D eigenvalue weighted by atomic mass is 32.1. The Balaban J connectivity index is 2.22. The van der Waals surface area contributed by atoms with Gasteiger partial charge >= 0.3 is 0 Å². The molecular formula is C11H17N3O2S. The average molecular weight is 255 g/mol. The maximum absolute atomic E-state index is 12.3. The van der Waals surface area contributed by atoms with Crippen LogP contribution in [0.5, 0.6) is 0 Å². The first-order chi connectivity index (χ1) is 8.00. The zero-order chi connectivity index (χ0) is 12.5. The molecule has 0 aromatic carbocycles. The van der Waals surface area contributed by atoms with E-state index in [9.17, 15) is 4.79 Å². The molecule has 6 heteroatoms. The monoisotopic (exact) mass is 255 g/mol. The van der Waals surface area contributed by atoms with Crippen LogP contribution in [0.4, 0.5) is 0 Å². The van der Waals surface area contributed by atoms with Crippen LogP contribution in [0.25, 0.3) is 0 Å². The fourth-order valence-electron chi connectivity index (χ4n) is 1.69. The van der Waals surface area contributed by atoms with Crippen LogP contribution >= 0.6 is 11.5 Å². The molecule has 2 heterocycles. The van der Waals surface area contributed by atoms with Crippen LogP contribution in [0.15, 0.2) is 0 Å². The Bertz CT molecular complexity index is 405. The Morgan fingerprint density at radius 1 is 1.41 bits per heavy atom. The SMILES string of the molecule is CC(C)(C)c1nnsc1C(=O)N1CCCCO1. The molecule has 1 aliphatic heterocycles. The van der Waals surface area contributed by atoms with Gasteiger partial charge in [-0.25, -0.2) is 5.06 Å². The van der Waals surface area contributed by atoms with E-state index in [4.69, 9.17) is 4.84 Å². The van der Waals surface area contributed by atoms with E-state index >= 15 is 0 Å². The van der Waals surface area contributed by atoms with Crippen LogP contribution in [0, 0.1) is 0 Å². The average Bonchev–Trinajstić information content (AvgIpc) is 2.78.